The van der Waals surface area contributed by atoms with Gasteiger partial charge < -0.3 is 15.2 Å². The van der Waals surface area contributed by atoms with E-state index < -0.39 is 23.0 Å². The minimum absolute atomic E-state index is 0.212. The lowest BCUT2D eigenvalue weighted by atomic mass is 10.2. The van der Waals surface area contributed by atoms with Crippen LogP contribution in [-0.2, 0) is 6.42 Å². The van der Waals surface area contributed by atoms with Gasteiger partial charge >= 0.3 is 5.97 Å². The van der Waals surface area contributed by atoms with Crippen LogP contribution in [0.3, 0.4) is 0 Å². The van der Waals surface area contributed by atoms with E-state index in [1.807, 2.05) is 16.8 Å². The number of aromatic carboxylic acids is 1. The predicted octanol–water partition coefficient (Wildman–Crippen LogP) is 0.826. The fourth-order valence-electron chi connectivity index (χ4n) is 1.33. The van der Waals surface area contributed by atoms with Crippen LogP contribution in [0.2, 0.25) is 0 Å². The van der Waals surface area contributed by atoms with Gasteiger partial charge in [0, 0.05) is 6.42 Å². The Labute approximate surface area is 99.2 Å². The van der Waals surface area contributed by atoms with Crippen molar-refractivity contribution in [2.45, 2.75) is 6.42 Å². The van der Waals surface area contributed by atoms with E-state index in [1.165, 1.54) is 11.3 Å². The predicted molar refractivity (Wildman–Crippen MR) is 60.6 cm³/mol. The monoisotopic (exact) mass is 252 g/mol. The summed E-state index contributed by atoms with van der Waals surface area (Å²) in [5.74, 6) is -2.09. The second kappa shape index (κ2) is 4.38. The molecule has 3 N–H and O–H groups in total. The Hall–Kier alpha value is -2.15. The van der Waals surface area contributed by atoms with E-state index in [2.05, 4.69) is 9.97 Å². The van der Waals surface area contributed by atoms with Crippen molar-refractivity contribution in [3.05, 3.63) is 44.3 Å². The number of thiophene rings is 1. The molecule has 0 saturated heterocycles. The van der Waals surface area contributed by atoms with Crippen molar-refractivity contribution in [2.75, 3.05) is 0 Å². The quantitative estimate of drug-likeness (QED) is 0.750. The van der Waals surface area contributed by atoms with Gasteiger partial charge in [-0.1, -0.05) is 0 Å². The molecule has 2 heterocycles. The molecule has 0 aliphatic heterocycles. The Morgan fingerprint density at radius 3 is 2.88 bits per heavy atom. The highest BCUT2D eigenvalue weighted by Crippen LogP contribution is 2.12. The van der Waals surface area contributed by atoms with Crippen LogP contribution in [0.4, 0.5) is 0 Å². The average Bonchev–Trinajstić information content (AvgIpc) is 2.75. The highest BCUT2D eigenvalue weighted by molar-refractivity contribution is 7.07. The number of carboxylic acids is 1. The highest BCUT2D eigenvalue weighted by atomic mass is 32.1. The second-order valence-electron chi connectivity index (χ2n) is 3.32. The molecule has 0 radical (unpaired) electrons. The summed E-state index contributed by atoms with van der Waals surface area (Å²) in [4.78, 5) is 28.1. The Bertz CT molecular complexity index is 603. The molecule has 0 fully saturated rings. The van der Waals surface area contributed by atoms with E-state index in [1.54, 1.807) is 0 Å². The minimum atomic E-state index is -1.43. The van der Waals surface area contributed by atoms with Gasteiger partial charge in [0.2, 0.25) is 5.75 Å². The molecule has 88 valence electrons. The number of carboxylic acid groups (broad SMARTS) is 1. The Kier molecular flexibility index (Phi) is 2.92. The van der Waals surface area contributed by atoms with E-state index in [0.29, 0.717) is 6.42 Å². The molecular weight excluding hydrogens is 244 g/mol. The molecule has 0 aromatic carbocycles. The molecule has 0 atom stereocenters. The molecule has 17 heavy (non-hydrogen) atoms. The first kappa shape index (κ1) is 11.3. The van der Waals surface area contributed by atoms with Crippen molar-refractivity contribution in [3.8, 4) is 5.75 Å². The Balaban J connectivity index is 2.43. The van der Waals surface area contributed by atoms with Crippen molar-refractivity contribution in [1.82, 2.24) is 9.97 Å². The molecule has 2 rings (SSSR count). The summed E-state index contributed by atoms with van der Waals surface area (Å²) in [6, 6.07) is 1.85. The van der Waals surface area contributed by atoms with Gasteiger partial charge in [0.25, 0.3) is 5.56 Å². The van der Waals surface area contributed by atoms with Gasteiger partial charge in [-0.15, -0.1) is 0 Å². The number of H-pyrrole nitrogens is 1. The molecule has 2 aromatic heterocycles. The van der Waals surface area contributed by atoms with Gasteiger partial charge in [-0.05, 0) is 22.4 Å². The largest absolute Gasteiger partial charge is 0.501 e. The average molecular weight is 252 g/mol. The van der Waals surface area contributed by atoms with E-state index >= 15 is 0 Å². The van der Waals surface area contributed by atoms with E-state index in [-0.39, 0.29) is 5.82 Å². The van der Waals surface area contributed by atoms with E-state index in [0.717, 1.165) is 5.56 Å². The van der Waals surface area contributed by atoms with Crippen LogP contribution in [-0.4, -0.2) is 26.2 Å². The molecule has 0 unspecified atom stereocenters. The fourth-order valence-corrected chi connectivity index (χ4v) is 2.00. The lowest BCUT2D eigenvalue weighted by molar-refractivity contribution is 0.0686. The maximum atomic E-state index is 11.3. The lowest BCUT2D eigenvalue weighted by Gasteiger charge is -2.02. The number of nitrogens with zero attached hydrogens (tertiary/aromatic N) is 1. The number of hydrogen-bond acceptors (Lipinski definition) is 5. The van der Waals surface area contributed by atoms with Crippen LogP contribution in [0.15, 0.2) is 21.6 Å². The van der Waals surface area contributed by atoms with Crippen LogP contribution in [0.1, 0.15) is 21.9 Å². The molecule has 0 bridgehead atoms. The SMILES string of the molecule is O=C(O)c1nc(Cc2ccsc2)[nH]c(=O)c1O. The van der Waals surface area contributed by atoms with E-state index in [4.69, 9.17) is 5.11 Å². The Morgan fingerprint density at radius 1 is 1.53 bits per heavy atom. The molecule has 2 aromatic rings. The first-order chi connectivity index (χ1) is 8.08. The minimum Gasteiger partial charge on any atom is -0.501 e. The summed E-state index contributed by atoms with van der Waals surface area (Å²) >= 11 is 1.49. The van der Waals surface area contributed by atoms with Crippen molar-refractivity contribution in [1.29, 1.82) is 0 Å². The zero-order chi connectivity index (χ0) is 12.4. The standard InChI is InChI=1S/C10H8N2O4S/c13-8-7(10(15)16)11-6(12-9(8)14)3-5-1-2-17-4-5/h1-2,4,13H,3H2,(H,15,16)(H,11,12,14). The number of rotatable bonds is 3. The van der Waals surface area contributed by atoms with Crippen molar-refractivity contribution >= 4 is 17.3 Å². The Morgan fingerprint density at radius 2 is 2.29 bits per heavy atom. The number of carbonyl (C=O) groups is 1. The topological polar surface area (TPSA) is 103 Å². The van der Waals surface area contributed by atoms with Crippen molar-refractivity contribution in [2.24, 2.45) is 0 Å². The molecule has 0 amide bonds. The van der Waals surface area contributed by atoms with Crippen LogP contribution >= 0.6 is 11.3 Å². The summed E-state index contributed by atoms with van der Waals surface area (Å²) in [6.45, 7) is 0. The van der Waals surface area contributed by atoms with Crippen LogP contribution < -0.4 is 5.56 Å². The normalized spacial score (nSPS) is 10.4. The molecule has 0 aliphatic rings. The zero-order valence-electron chi connectivity index (χ0n) is 8.51. The molecule has 0 spiro atoms. The summed E-state index contributed by atoms with van der Waals surface area (Å²) in [5, 5.41) is 21.7. The molecule has 0 saturated carbocycles. The van der Waals surface area contributed by atoms with E-state index in [9.17, 15) is 14.7 Å². The van der Waals surface area contributed by atoms with Crippen LogP contribution in [0.25, 0.3) is 0 Å². The maximum absolute atomic E-state index is 11.3. The van der Waals surface area contributed by atoms with Crippen LogP contribution in [0.5, 0.6) is 5.75 Å². The van der Waals surface area contributed by atoms with Crippen molar-refractivity contribution in [3.63, 3.8) is 0 Å². The van der Waals surface area contributed by atoms with Gasteiger partial charge in [-0.3, -0.25) is 4.79 Å². The van der Waals surface area contributed by atoms with Crippen LogP contribution in [0, 0.1) is 0 Å². The molecule has 0 aliphatic carbocycles. The third kappa shape index (κ3) is 2.34. The number of nitrogens with one attached hydrogen (secondary N) is 1. The number of aromatic hydroxyl groups is 1. The number of aromatic amines is 1. The zero-order valence-corrected chi connectivity index (χ0v) is 9.32. The molecule has 6 nitrogen and oxygen atoms in total. The first-order valence-electron chi connectivity index (χ1n) is 4.64. The summed E-state index contributed by atoms with van der Waals surface area (Å²) in [5.41, 5.74) is -0.554. The smallest absolute Gasteiger partial charge is 0.358 e. The first-order valence-corrected chi connectivity index (χ1v) is 5.58. The third-order valence-corrected chi connectivity index (χ3v) is 2.83. The summed E-state index contributed by atoms with van der Waals surface area (Å²) in [6.07, 6.45) is 0.319. The molecular formula is C10H8N2O4S. The fraction of sp³-hybridized carbons (Fsp3) is 0.100. The van der Waals surface area contributed by atoms with Gasteiger partial charge in [0.1, 0.15) is 5.82 Å². The van der Waals surface area contributed by atoms with Gasteiger partial charge in [0.05, 0.1) is 0 Å². The maximum Gasteiger partial charge on any atom is 0.358 e. The van der Waals surface area contributed by atoms with Crippen molar-refractivity contribution < 1.29 is 15.0 Å². The summed E-state index contributed by atoms with van der Waals surface area (Å²) in [7, 11) is 0. The van der Waals surface area contributed by atoms with Gasteiger partial charge in [-0.25, -0.2) is 9.78 Å². The van der Waals surface area contributed by atoms with Gasteiger partial charge in [-0.2, -0.15) is 11.3 Å². The second-order valence-corrected chi connectivity index (χ2v) is 4.10. The van der Waals surface area contributed by atoms with Gasteiger partial charge in [0.15, 0.2) is 5.69 Å². The summed E-state index contributed by atoms with van der Waals surface area (Å²) < 4.78 is 0. The molecule has 7 heteroatoms. The number of aromatic nitrogens is 2. The number of hydrogen-bond donors (Lipinski definition) is 3. The third-order valence-electron chi connectivity index (χ3n) is 2.10. The highest BCUT2D eigenvalue weighted by Gasteiger charge is 2.16. The lowest BCUT2D eigenvalue weighted by Crippen LogP contribution is -2.17.